The van der Waals surface area contributed by atoms with E-state index in [2.05, 4.69) is 24.0 Å². The summed E-state index contributed by atoms with van der Waals surface area (Å²) in [4.78, 5) is 3.93. The molecule has 0 saturated heterocycles. The Morgan fingerprint density at radius 3 is 2.00 bits per heavy atom. The van der Waals surface area contributed by atoms with Crippen LogP contribution in [0.4, 0.5) is 0 Å². The first-order valence-corrected chi connectivity index (χ1v) is 3.32. The van der Waals surface area contributed by atoms with Gasteiger partial charge in [-0.05, 0) is 24.1 Å². The van der Waals surface area contributed by atoms with Crippen molar-refractivity contribution in [3.63, 3.8) is 0 Å². The molecule has 0 spiro atoms. The molecule has 72 valence electrons. The highest BCUT2D eigenvalue weighted by Gasteiger charge is 1.85. The number of aryl methyl sites for hydroxylation is 1. The van der Waals surface area contributed by atoms with Gasteiger partial charge in [0.05, 0.1) is 0 Å². The molecule has 0 unspecified atom stereocenters. The second kappa shape index (κ2) is 12.3. The molecule has 0 aliphatic heterocycles. The van der Waals surface area contributed by atoms with Gasteiger partial charge in [-0.2, -0.15) is 0 Å². The molecule has 0 bridgehead atoms. The Kier molecular flexibility index (Phi) is 19.5. The summed E-state index contributed by atoms with van der Waals surface area (Å²) in [5.74, 6) is 0. The van der Waals surface area contributed by atoms with Crippen molar-refractivity contribution in [2.75, 3.05) is 0 Å². The van der Waals surface area contributed by atoms with Crippen molar-refractivity contribution in [3.05, 3.63) is 30.1 Å². The second-order valence-electron chi connectivity index (χ2n) is 2.11. The largest absolute Gasteiger partial charge is 0.265 e. The van der Waals surface area contributed by atoms with Crippen molar-refractivity contribution in [1.29, 1.82) is 0 Å². The predicted octanol–water partition coefficient (Wildman–Crippen LogP) is 3.89. The van der Waals surface area contributed by atoms with Gasteiger partial charge in [-0.3, -0.25) is 4.98 Å². The Morgan fingerprint density at radius 1 is 1.08 bits per heavy atom. The number of nitrogens with zero attached hydrogens (tertiary/aromatic N) is 1. The zero-order chi connectivity index (χ0) is 6.53. The number of aromatic nitrogens is 1. The van der Waals surface area contributed by atoms with E-state index in [1.54, 1.807) is 0 Å². The van der Waals surface area contributed by atoms with Crippen molar-refractivity contribution >= 4 is 71.9 Å². The maximum absolute atomic E-state index is 3.93. The summed E-state index contributed by atoms with van der Waals surface area (Å²) < 4.78 is 0. The van der Waals surface area contributed by atoms with Crippen molar-refractivity contribution in [2.24, 2.45) is 0 Å². The van der Waals surface area contributed by atoms with E-state index >= 15 is 0 Å². The molecule has 0 amide bonds. The second-order valence-corrected chi connectivity index (χ2v) is 2.11. The van der Waals surface area contributed by atoms with Crippen LogP contribution in [0.3, 0.4) is 0 Å². The van der Waals surface area contributed by atoms with Gasteiger partial charge in [0.1, 0.15) is 0 Å². The van der Waals surface area contributed by atoms with Crippen LogP contribution >= 0.6 is 71.9 Å². The average molecular weight is 505 g/mol. The van der Waals surface area contributed by atoms with Crippen LogP contribution in [-0.4, -0.2) is 4.98 Å². The fourth-order valence-electron chi connectivity index (χ4n) is 0.838. The molecule has 0 radical (unpaired) electrons. The van der Waals surface area contributed by atoms with Gasteiger partial charge in [-0.15, -0.1) is 71.9 Å². The third-order valence-electron chi connectivity index (χ3n) is 1.29. The van der Waals surface area contributed by atoms with E-state index in [4.69, 9.17) is 0 Å². The summed E-state index contributed by atoms with van der Waals surface area (Å²) in [5.41, 5.74) is 1.38. The SMILES string of the molecule is CCCc1ccncc1.I.I.I. The zero-order valence-corrected chi connectivity index (χ0v) is 13.9. The molecular weight excluding hydrogens is 491 g/mol. The van der Waals surface area contributed by atoms with Crippen LogP contribution in [0.1, 0.15) is 18.9 Å². The van der Waals surface area contributed by atoms with Gasteiger partial charge in [0.15, 0.2) is 0 Å². The molecule has 0 fully saturated rings. The third-order valence-corrected chi connectivity index (χ3v) is 1.29. The number of halogens is 3. The highest BCUT2D eigenvalue weighted by atomic mass is 127. The highest BCUT2D eigenvalue weighted by molar-refractivity contribution is 14.0. The van der Waals surface area contributed by atoms with Crippen LogP contribution in [0, 0.1) is 0 Å². The van der Waals surface area contributed by atoms with Gasteiger partial charge in [-0.1, -0.05) is 13.3 Å². The van der Waals surface area contributed by atoms with Gasteiger partial charge >= 0.3 is 0 Å². The molecule has 0 atom stereocenters. The Labute approximate surface area is 125 Å². The van der Waals surface area contributed by atoms with Gasteiger partial charge in [0.25, 0.3) is 0 Å². The van der Waals surface area contributed by atoms with Crippen LogP contribution in [-0.2, 0) is 6.42 Å². The molecule has 1 aromatic rings. The summed E-state index contributed by atoms with van der Waals surface area (Å²) in [7, 11) is 0. The number of pyridine rings is 1. The minimum atomic E-state index is 0. The van der Waals surface area contributed by atoms with E-state index in [9.17, 15) is 0 Å². The molecule has 1 rings (SSSR count). The van der Waals surface area contributed by atoms with E-state index in [1.807, 2.05) is 12.4 Å². The molecule has 0 aliphatic carbocycles. The lowest BCUT2D eigenvalue weighted by atomic mass is 10.2. The lowest BCUT2D eigenvalue weighted by Crippen LogP contribution is -1.80. The maximum atomic E-state index is 3.93. The van der Waals surface area contributed by atoms with Crippen molar-refractivity contribution in [1.82, 2.24) is 4.98 Å². The van der Waals surface area contributed by atoms with Gasteiger partial charge < -0.3 is 0 Å². The van der Waals surface area contributed by atoms with E-state index in [-0.39, 0.29) is 71.9 Å². The van der Waals surface area contributed by atoms with Crippen molar-refractivity contribution in [3.8, 4) is 0 Å². The van der Waals surface area contributed by atoms with E-state index in [0.29, 0.717) is 0 Å². The summed E-state index contributed by atoms with van der Waals surface area (Å²) in [6.45, 7) is 2.18. The standard InChI is InChI=1S/C8H11N.3HI/c1-2-3-8-4-6-9-7-5-8;;;/h4-7H,2-3H2,1H3;3*1H. The smallest absolute Gasteiger partial charge is 0.0270 e. The lowest BCUT2D eigenvalue weighted by Gasteiger charge is -1.93. The van der Waals surface area contributed by atoms with E-state index in [0.717, 1.165) is 0 Å². The average Bonchev–Trinajstić information content (AvgIpc) is 1.91. The zero-order valence-electron chi connectivity index (χ0n) is 6.90. The Balaban J connectivity index is -0.000000270. The minimum absolute atomic E-state index is 0. The number of hydrogen-bond donors (Lipinski definition) is 0. The molecular formula is C8H14I3N. The molecule has 0 aliphatic rings. The van der Waals surface area contributed by atoms with Crippen LogP contribution in [0.25, 0.3) is 0 Å². The van der Waals surface area contributed by atoms with Crippen LogP contribution in [0.2, 0.25) is 0 Å². The first kappa shape index (κ1) is 19.0. The fourth-order valence-corrected chi connectivity index (χ4v) is 0.838. The first-order valence-electron chi connectivity index (χ1n) is 3.32. The normalized spacial score (nSPS) is 7.08. The highest BCUT2D eigenvalue weighted by Crippen LogP contribution is 1.98. The molecule has 0 saturated carbocycles. The molecule has 1 aromatic heterocycles. The number of hydrogen-bond acceptors (Lipinski definition) is 1. The molecule has 1 heterocycles. The quantitative estimate of drug-likeness (QED) is 0.557. The van der Waals surface area contributed by atoms with Crippen LogP contribution < -0.4 is 0 Å². The van der Waals surface area contributed by atoms with Gasteiger partial charge in [0, 0.05) is 12.4 Å². The van der Waals surface area contributed by atoms with E-state index < -0.39 is 0 Å². The van der Waals surface area contributed by atoms with Gasteiger partial charge in [0.2, 0.25) is 0 Å². The van der Waals surface area contributed by atoms with Crippen molar-refractivity contribution < 1.29 is 0 Å². The Bertz CT molecular complexity index is 167. The summed E-state index contributed by atoms with van der Waals surface area (Å²) in [6, 6.07) is 4.12. The molecule has 0 aromatic carbocycles. The molecule has 4 heteroatoms. The molecule has 0 N–H and O–H groups in total. The summed E-state index contributed by atoms with van der Waals surface area (Å²) >= 11 is 0. The van der Waals surface area contributed by atoms with Crippen molar-refractivity contribution in [2.45, 2.75) is 19.8 Å². The maximum Gasteiger partial charge on any atom is 0.0270 e. The fraction of sp³-hybridized carbons (Fsp3) is 0.375. The van der Waals surface area contributed by atoms with Gasteiger partial charge in [-0.25, -0.2) is 0 Å². The Hall–Kier alpha value is 1.34. The monoisotopic (exact) mass is 505 g/mol. The third kappa shape index (κ3) is 7.96. The Morgan fingerprint density at radius 2 is 1.58 bits per heavy atom. The molecule has 1 nitrogen and oxygen atoms in total. The van der Waals surface area contributed by atoms with Crippen LogP contribution in [0.15, 0.2) is 24.5 Å². The van der Waals surface area contributed by atoms with E-state index in [1.165, 1.54) is 18.4 Å². The lowest BCUT2D eigenvalue weighted by molar-refractivity contribution is 0.918. The topological polar surface area (TPSA) is 12.9 Å². The summed E-state index contributed by atoms with van der Waals surface area (Å²) in [6.07, 6.45) is 6.06. The van der Waals surface area contributed by atoms with Crippen LogP contribution in [0.5, 0.6) is 0 Å². The molecule has 12 heavy (non-hydrogen) atoms. The number of rotatable bonds is 2. The minimum Gasteiger partial charge on any atom is -0.265 e. The summed E-state index contributed by atoms with van der Waals surface area (Å²) in [5, 5.41) is 0. The predicted molar refractivity (Wildman–Crippen MR) is 84.5 cm³/mol. The first-order chi connectivity index (χ1) is 4.43.